The second kappa shape index (κ2) is 2.95. The molecule has 3 rings (SSSR count). The van der Waals surface area contributed by atoms with Crippen LogP contribution >= 0.6 is 0 Å². The molecule has 4 heteroatoms. The molecule has 0 atom stereocenters. The van der Waals surface area contributed by atoms with Crippen LogP contribution in [0.3, 0.4) is 0 Å². The number of aromatic nitrogens is 3. The van der Waals surface area contributed by atoms with E-state index >= 15 is 0 Å². The summed E-state index contributed by atoms with van der Waals surface area (Å²) in [5, 5.41) is 0. The number of hydrogen-bond acceptors (Lipinski definition) is 1. The number of H-pyrrole nitrogens is 1. The Morgan fingerprint density at radius 2 is 2.00 bits per heavy atom. The molecule has 15 heavy (non-hydrogen) atoms. The maximum Gasteiger partial charge on any atom is 0.212 e. The summed E-state index contributed by atoms with van der Waals surface area (Å²) in [4.78, 5) is 7.39. The van der Waals surface area contributed by atoms with Crippen molar-refractivity contribution in [3.05, 3.63) is 48.5 Å². The number of imidazole rings is 1. The second-order valence-corrected chi connectivity index (χ2v) is 3.31. The van der Waals surface area contributed by atoms with Crippen molar-refractivity contribution >= 4 is 11.0 Å². The van der Waals surface area contributed by atoms with E-state index in [0.29, 0.717) is 11.5 Å². The molecular weight excluding hydrogens is 193 g/mol. The van der Waals surface area contributed by atoms with Crippen LogP contribution in [0, 0.1) is 5.82 Å². The Labute approximate surface area is 85.2 Å². The van der Waals surface area contributed by atoms with E-state index in [9.17, 15) is 4.39 Å². The number of fused-ring (bicyclic) bond motifs is 1. The third-order valence-electron chi connectivity index (χ3n) is 2.28. The van der Waals surface area contributed by atoms with Crippen LogP contribution in [0.25, 0.3) is 17.0 Å². The van der Waals surface area contributed by atoms with E-state index in [1.165, 1.54) is 12.1 Å². The lowest BCUT2D eigenvalue weighted by molar-refractivity contribution is 0.629. The van der Waals surface area contributed by atoms with Gasteiger partial charge in [0, 0.05) is 12.4 Å². The largest absolute Gasteiger partial charge is 0.323 e. The Morgan fingerprint density at radius 3 is 2.80 bits per heavy atom. The molecule has 0 aliphatic heterocycles. The molecule has 1 N–H and O–H groups in total. The Hall–Kier alpha value is -2.10. The predicted octanol–water partition coefficient (Wildman–Crippen LogP) is 2.49. The molecule has 3 aromatic rings. The van der Waals surface area contributed by atoms with Crippen LogP contribution in [0.1, 0.15) is 0 Å². The minimum absolute atomic E-state index is 0.259. The molecule has 2 aromatic heterocycles. The van der Waals surface area contributed by atoms with Crippen molar-refractivity contribution in [3.8, 4) is 5.95 Å². The van der Waals surface area contributed by atoms with E-state index in [4.69, 9.17) is 0 Å². The summed E-state index contributed by atoms with van der Waals surface area (Å²) in [5.74, 6) is 0.436. The van der Waals surface area contributed by atoms with Crippen molar-refractivity contribution in [3.63, 3.8) is 0 Å². The number of nitrogens with one attached hydrogen (secondary N) is 1. The summed E-state index contributed by atoms with van der Waals surface area (Å²) >= 11 is 0. The summed E-state index contributed by atoms with van der Waals surface area (Å²) < 4.78 is 14.8. The molecule has 3 nitrogen and oxygen atoms in total. The molecule has 0 amide bonds. The average molecular weight is 201 g/mol. The minimum atomic E-state index is -0.259. The second-order valence-electron chi connectivity index (χ2n) is 3.31. The fraction of sp³-hybridized carbons (Fsp3) is 0. The van der Waals surface area contributed by atoms with Crippen molar-refractivity contribution in [2.45, 2.75) is 0 Å². The summed E-state index contributed by atoms with van der Waals surface area (Å²) in [6.45, 7) is 0. The zero-order chi connectivity index (χ0) is 10.3. The number of halogens is 1. The van der Waals surface area contributed by atoms with Gasteiger partial charge in [-0.2, -0.15) is 0 Å². The van der Waals surface area contributed by atoms with Crippen LogP contribution in [0.15, 0.2) is 42.7 Å². The van der Waals surface area contributed by atoms with Crippen LogP contribution in [-0.2, 0) is 0 Å². The Bertz CT molecular complexity index is 595. The van der Waals surface area contributed by atoms with Gasteiger partial charge >= 0.3 is 0 Å². The van der Waals surface area contributed by atoms with E-state index in [-0.39, 0.29) is 5.82 Å². The fourth-order valence-electron chi connectivity index (χ4n) is 1.57. The third kappa shape index (κ3) is 1.30. The highest BCUT2D eigenvalue weighted by Gasteiger charge is 2.03. The highest BCUT2D eigenvalue weighted by atomic mass is 19.1. The van der Waals surface area contributed by atoms with E-state index in [2.05, 4.69) is 9.97 Å². The molecule has 0 saturated heterocycles. The van der Waals surface area contributed by atoms with E-state index in [1.54, 1.807) is 6.07 Å². The molecule has 0 unspecified atom stereocenters. The summed E-state index contributed by atoms with van der Waals surface area (Å²) in [7, 11) is 0. The third-order valence-corrected chi connectivity index (χ3v) is 2.28. The van der Waals surface area contributed by atoms with E-state index < -0.39 is 0 Å². The van der Waals surface area contributed by atoms with E-state index in [0.717, 1.165) is 5.52 Å². The van der Waals surface area contributed by atoms with Crippen LogP contribution in [-0.4, -0.2) is 14.5 Å². The first kappa shape index (κ1) is 8.23. The van der Waals surface area contributed by atoms with Gasteiger partial charge in [-0.15, -0.1) is 0 Å². The van der Waals surface area contributed by atoms with Gasteiger partial charge in [0.25, 0.3) is 0 Å². The number of nitrogens with zero attached hydrogens (tertiary/aromatic N) is 2. The van der Waals surface area contributed by atoms with Crippen LogP contribution < -0.4 is 0 Å². The quantitative estimate of drug-likeness (QED) is 0.644. The minimum Gasteiger partial charge on any atom is -0.323 e. The van der Waals surface area contributed by atoms with Crippen molar-refractivity contribution in [1.29, 1.82) is 0 Å². The first-order chi connectivity index (χ1) is 7.33. The first-order valence-corrected chi connectivity index (χ1v) is 4.61. The maximum atomic E-state index is 12.9. The number of benzene rings is 1. The molecule has 1 aromatic carbocycles. The van der Waals surface area contributed by atoms with Gasteiger partial charge in [-0.3, -0.25) is 4.57 Å². The molecular formula is C11H8FN3. The van der Waals surface area contributed by atoms with Crippen molar-refractivity contribution in [1.82, 2.24) is 14.5 Å². The molecule has 2 heterocycles. The zero-order valence-corrected chi connectivity index (χ0v) is 7.81. The van der Waals surface area contributed by atoms with Gasteiger partial charge < -0.3 is 4.98 Å². The smallest absolute Gasteiger partial charge is 0.212 e. The van der Waals surface area contributed by atoms with Crippen LogP contribution in [0.2, 0.25) is 0 Å². The lowest BCUT2D eigenvalue weighted by atomic mass is 10.3. The lowest BCUT2D eigenvalue weighted by Crippen LogP contribution is -1.90. The summed E-state index contributed by atoms with van der Waals surface area (Å²) in [5.41, 5.74) is 1.47. The molecule has 0 saturated carbocycles. The molecule has 0 fully saturated rings. The summed E-state index contributed by atoms with van der Waals surface area (Å²) in [6, 6.07) is 8.33. The van der Waals surface area contributed by atoms with Crippen LogP contribution in [0.4, 0.5) is 4.39 Å². The maximum absolute atomic E-state index is 12.9. The molecule has 74 valence electrons. The van der Waals surface area contributed by atoms with Gasteiger partial charge in [-0.25, -0.2) is 9.37 Å². The highest BCUT2D eigenvalue weighted by molar-refractivity contribution is 5.76. The van der Waals surface area contributed by atoms with Gasteiger partial charge in [0.2, 0.25) is 5.95 Å². The fourth-order valence-corrected chi connectivity index (χ4v) is 1.57. The predicted molar refractivity (Wildman–Crippen MR) is 55.4 cm³/mol. The lowest BCUT2D eigenvalue weighted by Gasteiger charge is -1.93. The molecule has 0 aliphatic carbocycles. The van der Waals surface area contributed by atoms with Gasteiger partial charge in [-0.1, -0.05) is 0 Å². The van der Waals surface area contributed by atoms with Crippen molar-refractivity contribution in [2.75, 3.05) is 0 Å². The SMILES string of the molecule is Fc1ccc2nc(-n3cccc3)[nH]c2c1. The standard InChI is InChI=1S/C11H8FN3/c12-8-3-4-9-10(7-8)14-11(13-9)15-5-1-2-6-15/h1-7H,(H,13,14). The number of hydrogen-bond donors (Lipinski definition) is 1. The van der Waals surface area contributed by atoms with Crippen molar-refractivity contribution < 1.29 is 4.39 Å². The van der Waals surface area contributed by atoms with Crippen molar-refractivity contribution in [2.24, 2.45) is 0 Å². The van der Waals surface area contributed by atoms with Gasteiger partial charge in [0.1, 0.15) is 5.82 Å². The van der Waals surface area contributed by atoms with E-state index in [1.807, 2.05) is 29.1 Å². The zero-order valence-electron chi connectivity index (χ0n) is 7.81. The molecule has 0 bridgehead atoms. The summed E-state index contributed by atoms with van der Waals surface area (Å²) in [6.07, 6.45) is 3.77. The average Bonchev–Trinajstić information content (AvgIpc) is 2.84. The molecule has 0 aliphatic rings. The van der Waals surface area contributed by atoms with Gasteiger partial charge in [0.05, 0.1) is 11.0 Å². The number of aromatic amines is 1. The normalized spacial score (nSPS) is 11.0. The Morgan fingerprint density at radius 1 is 1.20 bits per heavy atom. The van der Waals surface area contributed by atoms with Crippen LogP contribution in [0.5, 0.6) is 0 Å². The first-order valence-electron chi connectivity index (χ1n) is 4.61. The topological polar surface area (TPSA) is 33.6 Å². The van der Waals surface area contributed by atoms with Gasteiger partial charge in [-0.05, 0) is 30.3 Å². The Kier molecular flexibility index (Phi) is 1.62. The highest BCUT2D eigenvalue weighted by Crippen LogP contribution is 2.14. The molecule has 0 radical (unpaired) electrons. The number of rotatable bonds is 1. The monoisotopic (exact) mass is 201 g/mol. The van der Waals surface area contributed by atoms with Gasteiger partial charge in [0.15, 0.2) is 0 Å². The molecule has 0 spiro atoms. The Balaban J connectivity index is 2.22.